The van der Waals surface area contributed by atoms with Gasteiger partial charge in [-0.3, -0.25) is 9.09 Å². The number of halogens is 3. The van der Waals surface area contributed by atoms with E-state index in [9.17, 15) is 26.4 Å². The van der Waals surface area contributed by atoms with E-state index in [0.29, 0.717) is 0 Å². The lowest BCUT2D eigenvalue weighted by atomic mass is 10.3. The Morgan fingerprint density at radius 3 is 2.62 bits per heavy atom. The Balaban J connectivity index is 1.80. The molecule has 0 saturated heterocycles. The second-order valence-electron chi connectivity index (χ2n) is 4.99. The number of sulfonamides is 1. The van der Waals surface area contributed by atoms with Crippen LogP contribution in [-0.2, 0) is 23.5 Å². The van der Waals surface area contributed by atoms with Crippen LogP contribution in [0.3, 0.4) is 0 Å². The Hall–Kier alpha value is -1.36. The summed E-state index contributed by atoms with van der Waals surface area (Å²) in [5.41, 5.74) is 0. The molecule has 0 spiro atoms. The molecular weight excluding hydrogens is 315 g/mol. The van der Waals surface area contributed by atoms with E-state index in [-0.39, 0.29) is 25.2 Å². The maximum absolute atomic E-state index is 12.3. The van der Waals surface area contributed by atoms with Crippen molar-refractivity contribution in [2.45, 2.75) is 19.0 Å². The largest absolute Gasteiger partial charge is 0.441 e. The fraction of sp³-hybridized carbons (Fsp3) is 0.800. The van der Waals surface area contributed by atoms with Gasteiger partial charge in [0.05, 0.1) is 11.7 Å². The zero-order valence-electron chi connectivity index (χ0n) is 11.1. The van der Waals surface area contributed by atoms with Crippen LogP contribution >= 0.6 is 0 Å². The summed E-state index contributed by atoms with van der Waals surface area (Å²) in [6.07, 6.45) is -4.38. The van der Waals surface area contributed by atoms with Crippen LogP contribution in [0.25, 0.3) is 0 Å². The van der Waals surface area contributed by atoms with E-state index in [0.717, 1.165) is 4.57 Å². The van der Waals surface area contributed by atoms with Crippen molar-refractivity contribution in [2.75, 3.05) is 12.3 Å². The molecule has 11 heteroatoms. The monoisotopic (exact) mass is 329 g/mol. The van der Waals surface area contributed by atoms with Gasteiger partial charge in [-0.15, -0.1) is 0 Å². The molecule has 1 aliphatic carbocycles. The van der Waals surface area contributed by atoms with E-state index in [1.54, 1.807) is 0 Å². The standard InChI is InChI=1S/C10H14F3N3O4S/c1-16-8(15-20-9(16)17)2-3-14-21(18,19)5-6-4-7(6)10(11,12)13/h6-7,14H,2-5H2,1H3/t6-,7+/m0/s1. The Labute approximate surface area is 118 Å². The molecule has 0 bridgehead atoms. The molecule has 1 aliphatic rings. The molecule has 21 heavy (non-hydrogen) atoms. The number of hydrogen-bond donors (Lipinski definition) is 1. The molecule has 0 radical (unpaired) electrons. The van der Waals surface area contributed by atoms with Crippen LogP contribution in [0.5, 0.6) is 0 Å². The molecule has 7 nitrogen and oxygen atoms in total. The average Bonchev–Trinajstić information content (AvgIpc) is 3.03. The zero-order valence-corrected chi connectivity index (χ0v) is 11.9. The molecule has 0 aromatic carbocycles. The van der Waals surface area contributed by atoms with Crippen molar-refractivity contribution in [2.24, 2.45) is 18.9 Å². The molecule has 1 saturated carbocycles. The highest BCUT2D eigenvalue weighted by molar-refractivity contribution is 7.89. The maximum Gasteiger partial charge on any atom is 0.441 e. The highest BCUT2D eigenvalue weighted by atomic mass is 32.2. The van der Waals surface area contributed by atoms with Crippen LogP contribution in [0.4, 0.5) is 13.2 Å². The molecule has 0 unspecified atom stereocenters. The molecule has 1 heterocycles. The van der Waals surface area contributed by atoms with Crippen molar-refractivity contribution in [1.82, 2.24) is 14.4 Å². The first-order valence-corrected chi connectivity index (χ1v) is 7.81. The molecular formula is C10H14F3N3O4S. The fourth-order valence-electron chi connectivity index (χ4n) is 2.02. The molecule has 0 amide bonds. The number of nitrogens with zero attached hydrogens (tertiary/aromatic N) is 2. The van der Waals surface area contributed by atoms with Gasteiger partial charge in [-0.25, -0.2) is 17.9 Å². The highest BCUT2D eigenvalue weighted by Gasteiger charge is 2.56. The number of aromatic nitrogens is 2. The quantitative estimate of drug-likeness (QED) is 0.795. The fourth-order valence-corrected chi connectivity index (χ4v) is 3.49. The normalized spacial score (nSPS) is 22.5. The first-order chi connectivity index (χ1) is 9.60. The predicted molar refractivity (Wildman–Crippen MR) is 64.9 cm³/mol. The van der Waals surface area contributed by atoms with Crippen LogP contribution in [-0.4, -0.2) is 36.6 Å². The van der Waals surface area contributed by atoms with Crippen molar-refractivity contribution >= 4 is 10.0 Å². The van der Waals surface area contributed by atoms with Crippen LogP contribution in [0, 0.1) is 11.8 Å². The summed E-state index contributed by atoms with van der Waals surface area (Å²) >= 11 is 0. The number of nitrogens with one attached hydrogen (secondary N) is 1. The van der Waals surface area contributed by atoms with E-state index in [1.165, 1.54) is 7.05 Å². The first kappa shape index (κ1) is 16.0. The SMILES string of the molecule is Cn1c(CCNS(=O)(=O)C[C@@H]2C[C@H]2C(F)(F)F)noc1=O. The van der Waals surface area contributed by atoms with E-state index >= 15 is 0 Å². The number of rotatable bonds is 6. The van der Waals surface area contributed by atoms with Gasteiger partial charge in [0.2, 0.25) is 10.0 Å². The number of hydrogen-bond acceptors (Lipinski definition) is 5. The van der Waals surface area contributed by atoms with Crippen molar-refractivity contribution in [3.05, 3.63) is 16.4 Å². The summed E-state index contributed by atoms with van der Waals surface area (Å²) in [6.45, 7) is -0.0639. The molecule has 120 valence electrons. The van der Waals surface area contributed by atoms with Gasteiger partial charge >= 0.3 is 11.9 Å². The summed E-state index contributed by atoms with van der Waals surface area (Å²) in [4.78, 5) is 11.0. The van der Waals surface area contributed by atoms with Crippen molar-refractivity contribution in [3.63, 3.8) is 0 Å². The smallest absolute Gasteiger partial charge is 0.296 e. The minimum atomic E-state index is -4.33. The second kappa shape index (κ2) is 5.44. The van der Waals surface area contributed by atoms with Gasteiger partial charge in [0.25, 0.3) is 0 Å². The molecule has 2 atom stereocenters. The maximum atomic E-state index is 12.3. The van der Waals surface area contributed by atoms with E-state index in [1.807, 2.05) is 0 Å². The lowest BCUT2D eigenvalue weighted by Crippen LogP contribution is -2.30. The van der Waals surface area contributed by atoms with Gasteiger partial charge in [0.1, 0.15) is 0 Å². The molecule has 2 rings (SSSR count). The molecule has 0 aliphatic heterocycles. The van der Waals surface area contributed by atoms with Crippen molar-refractivity contribution in [3.8, 4) is 0 Å². The van der Waals surface area contributed by atoms with E-state index < -0.39 is 39.5 Å². The summed E-state index contributed by atoms with van der Waals surface area (Å²) < 4.78 is 67.9. The van der Waals surface area contributed by atoms with Crippen molar-refractivity contribution in [1.29, 1.82) is 0 Å². The Morgan fingerprint density at radius 1 is 1.48 bits per heavy atom. The molecule has 1 fully saturated rings. The third-order valence-electron chi connectivity index (χ3n) is 3.34. The van der Waals surface area contributed by atoms with E-state index in [4.69, 9.17) is 0 Å². The van der Waals surface area contributed by atoms with Crippen molar-refractivity contribution < 1.29 is 26.1 Å². The summed E-state index contributed by atoms with van der Waals surface area (Å²) in [5, 5.41) is 3.44. The van der Waals surface area contributed by atoms with Gasteiger partial charge in [-0.05, 0) is 12.3 Å². The zero-order chi connectivity index (χ0) is 15.8. The van der Waals surface area contributed by atoms with Gasteiger partial charge < -0.3 is 0 Å². The van der Waals surface area contributed by atoms with Crippen LogP contribution < -0.4 is 10.5 Å². The first-order valence-electron chi connectivity index (χ1n) is 6.16. The predicted octanol–water partition coefficient (Wildman–Crippen LogP) is 0.0336. The Bertz CT molecular complexity index is 664. The lowest BCUT2D eigenvalue weighted by Gasteiger charge is -2.07. The van der Waals surface area contributed by atoms with Crippen LogP contribution in [0.2, 0.25) is 0 Å². The number of alkyl halides is 3. The minimum Gasteiger partial charge on any atom is -0.296 e. The third kappa shape index (κ3) is 4.06. The second-order valence-corrected chi connectivity index (χ2v) is 6.84. The van der Waals surface area contributed by atoms with E-state index in [2.05, 4.69) is 14.4 Å². The molecule has 1 aromatic heterocycles. The van der Waals surface area contributed by atoms with Gasteiger partial charge in [0.15, 0.2) is 5.82 Å². The van der Waals surface area contributed by atoms with Gasteiger partial charge in [-0.2, -0.15) is 13.2 Å². The topological polar surface area (TPSA) is 94.2 Å². The highest BCUT2D eigenvalue weighted by Crippen LogP contribution is 2.50. The third-order valence-corrected chi connectivity index (χ3v) is 4.85. The molecule has 1 aromatic rings. The Kier molecular flexibility index (Phi) is 4.15. The minimum absolute atomic E-state index is 0.0639. The average molecular weight is 329 g/mol. The summed E-state index contributed by atoms with van der Waals surface area (Å²) in [5.74, 6) is -3.36. The Morgan fingerprint density at radius 2 is 2.14 bits per heavy atom. The van der Waals surface area contributed by atoms with Crippen LogP contribution in [0.15, 0.2) is 9.32 Å². The van der Waals surface area contributed by atoms with Gasteiger partial charge in [-0.1, -0.05) is 5.16 Å². The van der Waals surface area contributed by atoms with Crippen LogP contribution in [0.1, 0.15) is 12.2 Å². The van der Waals surface area contributed by atoms with Gasteiger partial charge in [0, 0.05) is 20.0 Å². The molecule has 1 N–H and O–H groups in total. The summed E-state index contributed by atoms with van der Waals surface area (Å²) in [6, 6.07) is 0. The summed E-state index contributed by atoms with van der Waals surface area (Å²) in [7, 11) is -2.37. The lowest BCUT2D eigenvalue weighted by molar-refractivity contribution is -0.150.